The molecule has 6 heteroatoms. The Morgan fingerprint density at radius 1 is 1.79 bits per heavy atom. The van der Waals surface area contributed by atoms with E-state index < -0.39 is 5.97 Å². The van der Waals surface area contributed by atoms with Gasteiger partial charge in [-0.1, -0.05) is 11.1 Å². The number of hydrogen-bond acceptors (Lipinski definition) is 5. The topological polar surface area (TPSA) is 79.5 Å². The standard InChI is InChI=1S/C8H9N3O3/c1-2-3-11(5-8(12)13)4-7-9-6-14-10-7/h1,6H,3-5H2,(H,12,13). The first-order chi connectivity index (χ1) is 6.72. The number of rotatable bonds is 5. The predicted molar refractivity (Wildman–Crippen MR) is 46.0 cm³/mol. The second kappa shape index (κ2) is 4.99. The summed E-state index contributed by atoms with van der Waals surface area (Å²) >= 11 is 0. The number of carbonyl (C=O) groups is 1. The molecule has 1 aromatic heterocycles. The van der Waals surface area contributed by atoms with Gasteiger partial charge in [-0.25, -0.2) is 0 Å². The molecule has 0 aliphatic heterocycles. The molecule has 1 N–H and O–H groups in total. The van der Waals surface area contributed by atoms with Crippen LogP contribution in [0, 0.1) is 12.3 Å². The van der Waals surface area contributed by atoms with Crippen LogP contribution in [-0.4, -0.2) is 39.2 Å². The minimum Gasteiger partial charge on any atom is -0.480 e. The van der Waals surface area contributed by atoms with E-state index in [1.54, 1.807) is 0 Å². The Labute approximate surface area is 80.5 Å². The van der Waals surface area contributed by atoms with Gasteiger partial charge in [-0.3, -0.25) is 9.69 Å². The molecule has 0 fully saturated rings. The van der Waals surface area contributed by atoms with Crippen molar-refractivity contribution in [1.29, 1.82) is 0 Å². The Bertz CT molecular complexity index is 328. The first-order valence-electron chi connectivity index (χ1n) is 3.85. The number of nitrogens with zero attached hydrogens (tertiary/aromatic N) is 3. The molecule has 74 valence electrons. The lowest BCUT2D eigenvalue weighted by atomic mass is 10.4. The molecule has 0 atom stereocenters. The van der Waals surface area contributed by atoms with E-state index in [0.717, 1.165) is 0 Å². The van der Waals surface area contributed by atoms with E-state index in [4.69, 9.17) is 11.5 Å². The Hall–Kier alpha value is -1.87. The van der Waals surface area contributed by atoms with E-state index >= 15 is 0 Å². The van der Waals surface area contributed by atoms with Gasteiger partial charge in [0.25, 0.3) is 0 Å². The average molecular weight is 195 g/mol. The first kappa shape index (κ1) is 10.2. The maximum absolute atomic E-state index is 10.4. The fourth-order valence-corrected chi connectivity index (χ4v) is 0.950. The van der Waals surface area contributed by atoms with Gasteiger partial charge in [0.1, 0.15) is 0 Å². The molecule has 0 unspecified atom stereocenters. The molecule has 0 spiro atoms. The van der Waals surface area contributed by atoms with Crippen LogP contribution in [0.25, 0.3) is 0 Å². The molecule has 6 nitrogen and oxygen atoms in total. The van der Waals surface area contributed by atoms with Gasteiger partial charge in [0.2, 0.25) is 6.39 Å². The van der Waals surface area contributed by atoms with Crippen LogP contribution in [0.5, 0.6) is 0 Å². The summed E-state index contributed by atoms with van der Waals surface area (Å²) < 4.78 is 4.51. The number of aliphatic carboxylic acids is 1. The van der Waals surface area contributed by atoms with E-state index in [9.17, 15) is 4.79 Å². The monoisotopic (exact) mass is 195 g/mol. The SMILES string of the molecule is C#CCN(CC(=O)O)Cc1ncon1. The van der Waals surface area contributed by atoms with Crippen LogP contribution in [-0.2, 0) is 11.3 Å². The van der Waals surface area contributed by atoms with Crippen LogP contribution in [0.3, 0.4) is 0 Å². The van der Waals surface area contributed by atoms with Crippen LogP contribution >= 0.6 is 0 Å². The van der Waals surface area contributed by atoms with Crippen molar-refractivity contribution in [3.8, 4) is 12.3 Å². The van der Waals surface area contributed by atoms with Gasteiger partial charge in [0.05, 0.1) is 19.6 Å². The number of aromatic nitrogens is 2. The quantitative estimate of drug-likeness (QED) is 0.643. The second-order valence-corrected chi connectivity index (χ2v) is 2.59. The molecule has 0 bridgehead atoms. The normalized spacial score (nSPS) is 10.0. The summed E-state index contributed by atoms with van der Waals surface area (Å²) in [6.45, 7) is 0.368. The molecule has 14 heavy (non-hydrogen) atoms. The predicted octanol–water partition coefficient (Wildman–Crippen LogP) is -0.411. The fraction of sp³-hybridized carbons (Fsp3) is 0.375. The summed E-state index contributed by atoms with van der Waals surface area (Å²) in [6, 6.07) is 0. The molecule has 0 radical (unpaired) electrons. The van der Waals surface area contributed by atoms with Gasteiger partial charge in [-0.15, -0.1) is 6.42 Å². The van der Waals surface area contributed by atoms with Crippen molar-refractivity contribution >= 4 is 5.97 Å². The Morgan fingerprint density at radius 2 is 2.57 bits per heavy atom. The summed E-state index contributed by atoms with van der Waals surface area (Å²) in [5.41, 5.74) is 0. The summed E-state index contributed by atoms with van der Waals surface area (Å²) in [5, 5.41) is 12.1. The highest BCUT2D eigenvalue weighted by atomic mass is 16.5. The minimum atomic E-state index is -0.941. The van der Waals surface area contributed by atoms with Crippen molar-refractivity contribution in [3.05, 3.63) is 12.2 Å². The lowest BCUT2D eigenvalue weighted by Gasteiger charge is -2.14. The molecule has 0 amide bonds. The number of carboxylic acids is 1. The summed E-state index contributed by atoms with van der Waals surface area (Å²) in [7, 11) is 0. The van der Waals surface area contributed by atoms with Gasteiger partial charge < -0.3 is 9.63 Å². The van der Waals surface area contributed by atoms with Gasteiger partial charge in [-0.05, 0) is 0 Å². The van der Waals surface area contributed by atoms with Crippen molar-refractivity contribution in [1.82, 2.24) is 15.0 Å². The average Bonchev–Trinajstić information content (AvgIpc) is 2.56. The van der Waals surface area contributed by atoms with Crippen LogP contribution in [0.1, 0.15) is 5.82 Å². The zero-order valence-corrected chi connectivity index (χ0v) is 7.38. The molecule has 0 aromatic carbocycles. The van der Waals surface area contributed by atoms with Crippen molar-refractivity contribution in [2.75, 3.05) is 13.1 Å². The zero-order valence-electron chi connectivity index (χ0n) is 7.38. The highest BCUT2D eigenvalue weighted by Gasteiger charge is 2.11. The largest absolute Gasteiger partial charge is 0.480 e. The van der Waals surface area contributed by atoms with Crippen LogP contribution < -0.4 is 0 Å². The summed E-state index contributed by atoms with van der Waals surface area (Å²) in [4.78, 5) is 15.7. The Balaban J connectivity index is 2.52. The minimum absolute atomic E-state index is 0.140. The molecule has 0 aliphatic rings. The zero-order chi connectivity index (χ0) is 10.4. The van der Waals surface area contributed by atoms with Crippen molar-refractivity contribution in [2.45, 2.75) is 6.54 Å². The third kappa shape index (κ3) is 3.25. The second-order valence-electron chi connectivity index (χ2n) is 2.59. The van der Waals surface area contributed by atoms with Gasteiger partial charge in [0, 0.05) is 0 Å². The van der Waals surface area contributed by atoms with Gasteiger partial charge in [-0.2, -0.15) is 4.98 Å². The highest BCUT2D eigenvalue weighted by Crippen LogP contribution is 1.97. The number of terminal acetylenes is 1. The van der Waals surface area contributed by atoms with E-state index in [1.807, 2.05) is 0 Å². The van der Waals surface area contributed by atoms with Crippen molar-refractivity contribution in [3.63, 3.8) is 0 Å². The van der Waals surface area contributed by atoms with Gasteiger partial charge >= 0.3 is 5.97 Å². The van der Waals surface area contributed by atoms with Crippen LogP contribution in [0.15, 0.2) is 10.9 Å². The van der Waals surface area contributed by atoms with E-state index in [-0.39, 0.29) is 19.6 Å². The molecule has 1 rings (SSSR count). The fourth-order valence-electron chi connectivity index (χ4n) is 0.950. The molecule has 0 saturated carbocycles. The van der Waals surface area contributed by atoms with Crippen LogP contribution in [0.2, 0.25) is 0 Å². The summed E-state index contributed by atoms with van der Waals surface area (Å²) in [5.74, 6) is 1.84. The Morgan fingerprint density at radius 3 is 3.07 bits per heavy atom. The van der Waals surface area contributed by atoms with E-state index in [1.165, 1.54) is 11.3 Å². The van der Waals surface area contributed by atoms with E-state index in [0.29, 0.717) is 5.82 Å². The van der Waals surface area contributed by atoms with Gasteiger partial charge in [0.15, 0.2) is 5.82 Å². The third-order valence-corrected chi connectivity index (χ3v) is 1.45. The number of carboxylic acid groups (broad SMARTS) is 1. The van der Waals surface area contributed by atoms with E-state index in [2.05, 4.69) is 20.6 Å². The third-order valence-electron chi connectivity index (χ3n) is 1.45. The maximum atomic E-state index is 10.4. The molecule has 0 saturated heterocycles. The smallest absolute Gasteiger partial charge is 0.317 e. The molecule has 1 heterocycles. The molecule has 0 aliphatic carbocycles. The first-order valence-corrected chi connectivity index (χ1v) is 3.85. The molecule has 1 aromatic rings. The van der Waals surface area contributed by atoms with Crippen molar-refractivity contribution < 1.29 is 14.4 Å². The molecular weight excluding hydrogens is 186 g/mol. The van der Waals surface area contributed by atoms with Crippen LogP contribution in [0.4, 0.5) is 0 Å². The lowest BCUT2D eigenvalue weighted by molar-refractivity contribution is -0.138. The Kier molecular flexibility index (Phi) is 3.64. The number of hydrogen-bond donors (Lipinski definition) is 1. The summed E-state index contributed by atoms with van der Waals surface area (Å²) in [6.07, 6.45) is 6.27. The maximum Gasteiger partial charge on any atom is 0.317 e. The lowest BCUT2D eigenvalue weighted by Crippen LogP contribution is -2.30. The molecular formula is C8H9N3O3. The highest BCUT2D eigenvalue weighted by molar-refractivity contribution is 5.69. The van der Waals surface area contributed by atoms with Crippen molar-refractivity contribution in [2.24, 2.45) is 0 Å².